The topological polar surface area (TPSA) is 109 Å². The molecule has 38 heavy (non-hydrogen) atoms. The Hall–Kier alpha value is -0.700. The first-order valence-corrected chi connectivity index (χ1v) is 16.5. The van der Waals surface area contributed by atoms with E-state index in [1.54, 1.807) is 0 Å². The van der Waals surface area contributed by atoms with Crippen LogP contribution in [0.4, 0.5) is 4.79 Å². The van der Waals surface area contributed by atoms with E-state index in [1.807, 2.05) is 21.1 Å². The zero-order valence-electron chi connectivity index (χ0n) is 25.3. The summed E-state index contributed by atoms with van der Waals surface area (Å²) in [6.07, 6.45) is 20.1. The number of phosphoric acid groups is 1. The van der Waals surface area contributed by atoms with Crippen molar-refractivity contribution in [2.45, 2.75) is 116 Å². The summed E-state index contributed by atoms with van der Waals surface area (Å²) in [5.74, 6) is 0. The number of nitrogens with one attached hydrogen (secondary N) is 2. The minimum Gasteiger partial charge on any atom is -0.756 e. The number of carbonyl (C=O) groups excluding carboxylic acids is 1. The smallest absolute Gasteiger partial charge is 0.314 e. The van der Waals surface area contributed by atoms with Crippen molar-refractivity contribution in [2.75, 3.05) is 61.1 Å². The molecule has 10 heteroatoms. The minimum absolute atomic E-state index is 0.00353. The van der Waals surface area contributed by atoms with Crippen LogP contribution in [0.25, 0.3) is 0 Å². The molecule has 0 spiro atoms. The summed E-state index contributed by atoms with van der Waals surface area (Å²) < 4.78 is 28.6. The Balaban J connectivity index is 3.87. The molecule has 0 rings (SSSR count). The first kappa shape index (κ1) is 37.3. The van der Waals surface area contributed by atoms with Crippen LogP contribution in [-0.4, -0.2) is 77.7 Å². The first-order chi connectivity index (χ1) is 18.1. The average molecular weight is 566 g/mol. The number of quaternary nitrogens is 1. The number of amides is 2. The van der Waals surface area contributed by atoms with Gasteiger partial charge in [0.25, 0.3) is 7.82 Å². The minimum atomic E-state index is -4.51. The number of carbonyl (C=O) groups is 1. The normalized spacial score (nSPS) is 14.3. The van der Waals surface area contributed by atoms with E-state index in [0.717, 1.165) is 12.8 Å². The number of ether oxygens (including phenoxy) is 1. The maximum Gasteiger partial charge on any atom is 0.314 e. The number of likely N-dealkylation sites (N-methyl/N-ethyl adjacent to an activating group) is 1. The van der Waals surface area contributed by atoms with Gasteiger partial charge in [-0.15, -0.1) is 0 Å². The third-order valence-electron chi connectivity index (χ3n) is 6.45. The van der Waals surface area contributed by atoms with Crippen molar-refractivity contribution in [2.24, 2.45) is 0 Å². The Labute approximate surface area is 234 Å². The van der Waals surface area contributed by atoms with Crippen LogP contribution in [0.15, 0.2) is 0 Å². The second-order valence-electron chi connectivity index (χ2n) is 11.4. The van der Waals surface area contributed by atoms with Crippen molar-refractivity contribution in [1.29, 1.82) is 0 Å². The standard InChI is InChI=1S/C28H60N3O6P/c1-6-7-8-9-10-11-12-13-14-15-16-17-18-19-20-21-23-35-26-27(25-30-28(32)29-2)37-38(33,34)36-24-22-31(3,4)5/h27H,6-26H2,1-5H3,(H2-,29,30,32,33,34). The zero-order valence-corrected chi connectivity index (χ0v) is 26.2. The quantitative estimate of drug-likeness (QED) is 0.0744. The van der Waals surface area contributed by atoms with Crippen LogP contribution >= 0.6 is 7.82 Å². The van der Waals surface area contributed by atoms with Gasteiger partial charge in [-0.25, -0.2) is 4.79 Å². The van der Waals surface area contributed by atoms with Crippen molar-refractivity contribution < 1.29 is 32.5 Å². The number of hydrogen-bond donors (Lipinski definition) is 2. The van der Waals surface area contributed by atoms with Crippen molar-refractivity contribution in [1.82, 2.24) is 10.6 Å². The van der Waals surface area contributed by atoms with Crippen molar-refractivity contribution in [3.05, 3.63) is 0 Å². The molecule has 0 aromatic heterocycles. The summed E-state index contributed by atoms with van der Waals surface area (Å²) in [6, 6.07) is -0.414. The van der Waals surface area contributed by atoms with Gasteiger partial charge < -0.3 is 33.8 Å². The van der Waals surface area contributed by atoms with E-state index in [-0.39, 0.29) is 19.8 Å². The number of urea groups is 1. The molecular weight excluding hydrogens is 505 g/mol. The van der Waals surface area contributed by atoms with Gasteiger partial charge in [0.2, 0.25) is 0 Å². The highest BCUT2D eigenvalue weighted by Gasteiger charge is 2.20. The second-order valence-corrected chi connectivity index (χ2v) is 12.7. The number of rotatable bonds is 27. The van der Waals surface area contributed by atoms with Crippen LogP contribution in [0.3, 0.4) is 0 Å². The van der Waals surface area contributed by atoms with Gasteiger partial charge in [-0.1, -0.05) is 103 Å². The monoisotopic (exact) mass is 565 g/mol. The number of hydrogen-bond acceptors (Lipinski definition) is 6. The van der Waals surface area contributed by atoms with E-state index < -0.39 is 20.0 Å². The van der Waals surface area contributed by atoms with Gasteiger partial charge in [0.05, 0.1) is 27.7 Å². The number of unbranched alkanes of at least 4 members (excludes halogenated alkanes) is 15. The molecule has 9 nitrogen and oxygen atoms in total. The van der Waals surface area contributed by atoms with E-state index >= 15 is 0 Å². The summed E-state index contributed by atoms with van der Waals surface area (Å²) in [5, 5.41) is 5.00. The van der Waals surface area contributed by atoms with Gasteiger partial charge in [-0.3, -0.25) is 4.57 Å². The maximum absolute atomic E-state index is 12.2. The van der Waals surface area contributed by atoms with Gasteiger partial charge in [0.15, 0.2) is 0 Å². The predicted molar refractivity (Wildman–Crippen MR) is 154 cm³/mol. The number of nitrogens with zero attached hydrogens (tertiary/aromatic N) is 1. The predicted octanol–water partition coefficient (Wildman–Crippen LogP) is 5.77. The molecule has 0 aliphatic heterocycles. The molecule has 0 heterocycles. The van der Waals surface area contributed by atoms with Gasteiger partial charge in [0.1, 0.15) is 19.3 Å². The van der Waals surface area contributed by atoms with E-state index in [1.165, 1.54) is 96.9 Å². The lowest BCUT2D eigenvalue weighted by molar-refractivity contribution is -0.870. The molecule has 2 N–H and O–H groups in total. The first-order valence-electron chi connectivity index (χ1n) is 15.1. The summed E-state index contributed by atoms with van der Waals surface area (Å²) in [5.41, 5.74) is 0. The summed E-state index contributed by atoms with van der Waals surface area (Å²) in [7, 11) is 2.82. The largest absolute Gasteiger partial charge is 0.756 e. The van der Waals surface area contributed by atoms with Crippen molar-refractivity contribution >= 4 is 13.9 Å². The van der Waals surface area contributed by atoms with E-state index in [0.29, 0.717) is 17.6 Å². The second kappa shape index (κ2) is 24.1. The molecule has 0 aromatic carbocycles. The Morgan fingerprint density at radius 1 is 0.816 bits per heavy atom. The molecule has 0 saturated heterocycles. The maximum atomic E-state index is 12.2. The third kappa shape index (κ3) is 26.9. The molecule has 0 aromatic rings. The highest BCUT2D eigenvalue weighted by molar-refractivity contribution is 7.45. The molecule has 0 aliphatic rings. The van der Waals surface area contributed by atoms with Crippen molar-refractivity contribution in [3.63, 3.8) is 0 Å². The fourth-order valence-corrected chi connectivity index (χ4v) is 4.89. The highest BCUT2D eigenvalue weighted by atomic mass is 31.2. The summed E-state index contributed by atoms with van der Waals surface area (Å²) in [6.45, 7) is 3.41. The Bertz CT molecular complexity index is 604. The SMILES string of the molecule is CCCCCCCCCCCCCCCCCCOCC(CNC(=O)NC)OP(=O)([O-])OCC[N+](C)(C)C. The molecule has 0 saturated carbocycles. The van der Waals surface area contributed by atoms with Gasteiger partial charge in [-0.05, 0) is 6.42 Å². The van der Waals surface area contributed by atoms with Crippen LogP contribution in [0, 0.1) is 0 Å². The molecule has 2 amide bonds. The Morgan fingerprint density at radius 2 is 1.29 bits per heavy atom. The average Bonchev–Trinajstić information content (AvgIpc) is 2.85. The molecule has 0 fully saturated rings. The van der Waals surface area contributed by atoms with Crippen LogP contribution in [0.1, 0.15) is 110 Å². The molecule has 0 radical (unpaired) electrons. The van der Waals surface area contributed by atoms with Gasteiger partial charge in [0, 0.05) is 20.2 Å². The molecule has 2 atom stereocenters. The molecule has 228 valence electrons. The van der Waals surface area contributed by atoms with Crippen LogP contribution in [-0.2, 0) is 18.3 Å². The fourth-order valence-electron chi connectivity index (χ4n) is 4.03. The number of phosphoric ester groups is 1. The fraction of sp³-hybridized carbons (Fsp3) is 0.964. The van der Waals surface area contributed by atoms with Gasteiger partial charge in [-0.2, -0.15) is 0 Å². The molecular formula is C28H60N3O6P. The van der Waals surface area contributed by atoms with Gasteiger partial charge >= 0.3 is 6.03 Å². The highest BCUT2D eigenvalue weighted by Crippen LogP contribution is 2.39. The van der Waals surface area contributed by atoms with E-state index in [4.69, 9.17) is 13.8 Å². The lowest BCUT2D eigenvalue weighted by Crippen LogP contribution is -2.41. The lowest BCUT2D eigenvalue weighted by Gasteiger charge is -2.30. The lowest BCUT2D eigenvalue weighted by atomic mass is 10.0. The van der Waals surface area contributed by atoms with Crippen LogP contribution in [0.5, 0.6) is 0 Å². The molecule has 0 bridgehead atoms. The Kier molecular flexibility index (Phi) is 23.7. The zero-order chi connectivity index (χ0) is 28.5. The summed E-state index contributed by atoms with van der Waals surface area (Å²) >= 11 is 0. The molecule has 0 aliphatic carbocycles. The van der Waals surface area contributed by atoms with Crippen LogP contribution < -0.4 is 15.5 Å². The third-order valence-corrected chi connectivity index (χ3v) is 7.51. The van der Waals surface area contributed by atoms with Crippen molar-refractivity contribution in [3.8, 4) is 0 Å². The Morgan fingerprint density at radius 3 is 1.74 bits per heavy atom. The molecule has 2 unspecified atom stereocenters. The summed E-state index contributed by atoms with van der Waals surface area (Å²) in [4.78, 5) is 23.7. The van der Waals surface area contributed by atoms with E-state index in [2.05, 4.69) is 17.6 Å². The van der Waals surface area contributed by atoms with Crippen LogP contribution in [0.2, 0.25) is 0 Å². The van der Waals surface area contributed by atoms with E-state index in [9.17, 15) is 14.3 Å².